The van der Waals surface area contributed by atoms with E-state index >= 15 is 0 Å². The first-order chi connectivity index (χ1) is 13.3. The van der Waals surface area contributed by atoms with E-state index in [4.69, 9.17) is 9.26 Å². The van der Waals surface area contributed by atoms with E-state index in [2.05, 4.69) is 15.0 Å². The average molecular weight is 404 g/mol. The highest BCUT2D eigenvalue weighted by molar-refractivity contribution is 7.89. The number of aryl methyl sites for hydroxylation is 2. The fraction of sp³-hybridized carbons (Fsp3) is 0.278. The lowest BCUT2D eigenvalue weighted by Crippen LogP contribution is -2.32. The summed E-state index contributed by atoms with van der Waals surface area (Å²) in [6, 6.07) is 10.3. The van der Waals surface area contributed by atoms with Crippen LogP contribution in [0.4, 0.5) is 0 Å². The third-order valence-electron chi connectivity index (χ3n) is 4.10. The standard InChI is InChI=1S/C18H20N4O5S/c1-12-18(13(2)27-21-12)28(24,25)19-10-11-22-17(23)9-8-16(20-22)14-4-6-15(26-3)7-5-14/h4-9,19H,10-11H2,1-3H3. The Morgan fingerprint density at radius 3 is 2.46 bits per heavy atom. The van der Waals surface area contributed by atoms with Gasteiger partial charge in [-0.2, -0.15) is 5.10 Å². The lowest BCUT2D eigenvalue weighted by Gasteiger charge is -2.09. The topological polar surface area (TPSA) is 116 Å². The van der Waals surface area contributed by atoms with Crippen LogP contribution in [-0.4, -0.2) is 37.0 Å². The highest BCUT2D eigenvalue weighted by atomic mass is 32.2. The van der Waals surface area contributed by atoms with Crippen molar-refractivity contribution in [3.8, 4) is 17.0 Å². The molecule has 0 unspecified atom stereocenters. The van der Waals surface area contributed by atoms with E-state index in [1.165, 1.54) is 17.7 Å². The van der Waals surface area contributed by atoms with Crippen LogP contribution in [0.15, 0.2) is 50.6 Å². The van der Waals surface area contributed by atoms with Crippen molar-refractivity contribution in [2.24, 2.45) is 0 Å². The van der Waals surface area contributed by atoms with E-state index in [0.717, 1.165) is 5.56 Å². The zero-order chi connectivity index (χ0) is 20.3. The summed E-state index contributed by atoms with van der Waals surface area (Å²) in [5.74, 6) is 0.924. The summed E-state index contributed by atoms with van der Waals surface area (Å²) >= 11 is 0. The van der Waals surface area contributed by atoms with Gasteiger partial charge in [0, 0.05) is 18.2 Å². The first kappa shape index (κ1) is 19.8. The van der Waals surface area contributed by atoms with Crippen molar-refractivity contribution < 1.29 is 17.7 Å². The molecule has 0 atom stereocenters. The maximum Gasteiger partial charge on any atom is 0.266 e. The number of ether oxygens (including phenoxy) is 1. The van der Waals surface area contributed by atoms with Crippen LogP contribution in [0.25, 0.3) is 11.3 Å². The third-order valence-corrected chi connectivity index (χ3v) is 5.81. The molecule has 0 aliphatic rings. The Kier molecular flexibility index (Phi) is 5.61. The molecule has 0 saturated carbocycles. The van der Waals surface area contributed by atoms with Gasteiger partial charge in [-0.25, -0.2) is 17.8 Å². The molecule has 148 valence electrons. The quantitative estimate of drug-likeness (QED) is 0.634. The largest absolute Gasteiger partial charge is 0.497 e. The van der Waals surface area contributed by atoms with Crippen molar-refractivity contribution in [3.63, 3.8) is 0 Å². The van der Waals surface area contributed by atoms with Gasteiger partial charge in [0.15, 0.2) is 5.76 Å². The van der Waals surface area contributed by atoms with Gasteiger partial charge in [0.2, 0.25) is 10.0 Å². The second-order valence-electron chi connectivity index (χ2n) is 6.06. The molecule has 10 heteroatoms. The molecule has 2 heterocycles. The molecule has 0 radical (unpaired) electrons. The molecule has 0 aliphatic carbocycles. The molecule has 3 rings (SSSR count). The summed E-state index contributed by atoms with van der Waals surface area (Å²) < 4.78 is 38.6. The molecule has 1 N–H and O–H groups in total. The number of aromatic nitrogens is 3. The van der Waals surface area contributed by atoms with Gasteiger partial charge in [0.1, 0.15) is 16.3 Å². The van der Waals surface area contributed by atoms with Crippen molar-refractivity contribution in [3.05, 3.63) is 58.2 Å². The second kappa shape index (κ2) is 7.95. The van der Waals surface area contributed by atoms with E-state index in [1.807, 2.05) is 12.1 Å². The summed E-state index contributed by atoms with van der Waals surface area (Å²) in [5.41, 5.74) is 1.36. The van der Waals surface area contributed by atoms with Crippen LogP contribution in [0.5, 0.6) is 5.75 Å². The smallest absolute Gasteiger partial charge is 0.266 e. The van der Waals surface area contributed by atoms with Gasteiger partial charge in [-0.3, -0.25) is 4.79 Å². The molecule has 0 saturated heterocycles. The second-order valence-corrected chi connectivity index (χ2v) is 7.76. The number of rotatable bonds is 7. The lowest BCUT2D eigenvalue weighted by molar-refractivity contribution is 0.390. The Bertz CT molecular complexity index is 1110. The van der Waals surface area contributed by atoms with Crippen LogP contribution in [0, 0.1) is 13.8 Å². The molecule has 9 nitrogen and oxygen atoms in total. The molecule has 0 aliphatic heterocycles. The van der Waals surface area contributed by atoms with Crippen LogP contribution < -0.4 is 15.0 Å². The molecule has 0 amide bonds. The van der Waals surface area contributed by atoms with E-state index in [-0.39, 0.29) is 35.0 Å². The predicted molar refractivity (Wildman–Crippen MR) is 102 cm³/mol. The minimum Gasteiger partial charge on any atom is -0.497 e. The van der Waals surface area contributed by atoms with Gasteiger partial charge >= 0.3 is 0 Å². The fourth-order valence-electron chi connectivity index (χ4n) is 2.74. The van der Waals surface area contributed by atoms with Gasteiger partial charge in [0.25, 0.3) is 5.56 Å². The normalized spacial score (nSPS) is 11.5. The van der Waals surface area contributed by atoms with Crippen LogP contribution in [0.1, 0.15) is 11.5 Å². The predicted octanol–water partition coefficient (Wildman–Crippen LogP) is 1.50. The molecular weight excluding hydrogens is 384 g/mol. The molecular formula is C18H20N4O5S. The number of hydrogen-bond acceptors (Lipinski definition) is 7. The highest BCUT2D eigenvalue weighted by Gasteiger charge is 2.23. The Balaban J connectivity index is 1.75. The summed E-state index contributed by atoms with van der Waals surface area (Å²) in [4.78, 5) is 12.1. The first-order valence-electron chi connectivity index (χ1n) is 8.47. The number of benzene rings is 1. The van der Waals surface area contributed by atoms with Crippen molar-refractivity contribution >= 4 is 10.0 Å². The van der Waals surface area contributed by atoms with Gasteiger partial charge < -0.3 is 9.26 Å². The number of sulfonamides is 1. The minimum atomic E-state index is -3.79. The van der Waals surface area contributed by atoms with Crippen LogP contribution in [-0.2, 0) is 16.6 Å². The van der Waals surface area contributed by atoms with Crippen LogP contribution in [0.3, 0.4) is 0 Å². The Morgan fingerprint density at radius 1 is 1.14 bits per heavy atom. The molecule has 2 aromatic heterocycles. The van der Waals surface area contributed by atoms with Crippen molar-refractivity contribution in [1.29, 1.82) is 0 Å². The average Bonchev–Trinajstić information content (AvgIpc) is 3.02. The summed E-state index contributed by atoms with van der Waals surface area (Å²) in [6.07, 6.45) is 0. The molecule has 0 bridgehead atoms. The molecule has 3 aromatic rings. The molecule has 0 fully saturated rings. The summed E-state index contributed by atoms with van der Waals surface area (Å²) in [6.45, 7) is 3.14. The van der Waals surface area contributed by atoms with E-state index < -0.39 is 10.0 Å². The number of methoxy groups -OCH3 is 1. The summed E-state index contributed by atoms with van der Waals surface area (Å²) in [7, 11) is -2.21. The SMILES string of the molecule is COc1ccc(-c2ccc(=O)n(CCNS(=O)(=O)c3c(C)noc3C)n2)cc1. The lowest BCUT2D eigenvalue weighted by atomic mass is 10.1. The van der Waals surface area contributed by atoms with E-state index in [9.17, 15) is 13.2 Å². The zero-order valence-electron chi connectivity index (χ0n) is 15.7. The Hall–Kier alpha value is -2.98. The fourth-order valence-corrected chi connectivity index (χ4v) is 4.09. The summed E-state index contributed by atoms with van der Waals surface area (Å²) in [5, 5.41) is 7.96. The maximum absolute atomic E-state index is 12.4. The van der Waals surface area contributed by atoms with E-state index in [1.54, 1.807) is 32.2 Å². The van der Waals surface area contributed by atoms with Crippen molar-refractivity contribution in [1.82, 2.24) is 19.7 Å². The highest BCUT2D eigenvalue weighted by Crippen LogP contribution is 2.20. The third kappa shape index (κ3) is 4.12. The van der Waals surface area contributed by atoms with Gasteiger partial charge in [-0.15, -0.1) is 0 Å². The first-order valence-corrected chi connectivity index (χ1v) is 9.95. The van der Waals surface area contributed by atoms with Crippen molar-refractivity contribution in [2.45, 2.75) is 25.3 Å². The molecule has 0 spiro atoms. The van der Waals surface area contributed by atoms with Gasteiger partial charge in [-0.1, -0.05) is 5.16 Å². The van der Waals surface area contributed by atoms with Crippen molar-refractivity contribution in [2.75, 3.05) is 13.7 Å². The number of hydrogen-bond donors (Lipinski definition) is 1. The molecule has 28 heavy (non-hydrogen) atoms. The van der Waals surface area contributed by atoms with Gasteiger partial charge in [-0.05, 0) is 44.2 Å². The maximum atomic E-state index is 12.4. The van der Waals surface area contributed by atoms with Gasteiger partial charge in [0.05, 0.1) is 19.3 Å². The Morgan fingerprint density at radius 2 is 1.86 bits per heavy atom. The minimum absolute atomic E-state index is 0.00857. The number of nitrogens with zero attached hydrogens (tertiary/aromatic N) is 3. The number of nitrogens with one attached hydrogen (secondary N) is 1. The molecule has 1 aromatic carbocycles. The zero-order valence-corrected chi connectivity index (χ0v) is 16.5. The Labute approximate surface area is 162 Å². The van der Waals surface area contributed by atoms with Crippen LogP contribution in [0.2, 0.25) is 0 Å². The monoisotopic (exact) mass is 404 g/mol. The van der Waals surface area contributed by atoms with Crippen LogP contribution >= 0.6 is 0 Å². The van der Waals surface area contributed by atoms with E-state index in [0.29, 0.717) is 11.4 Å².